The van der Waals surface area contributed by atoms with Crippen LogP contribution in [0.25, 0.3) is 27.9 Å². The minimum absolute atomic E-state index is 0.0220. The summed E-state index contributed by atoms with van der Waals surface area (Å²) in [6, 6.07) is 24.0. The Balaban J connectivity index is 1.21. The van der Waals surface area contributed by atoms with E-state index in [1.165, 1.54) is 10.9 Å². The fourth-order valence-electron chi connectivity index (χ4n) is 4.66. The first-order chi connectivity index (χ1) is 17.6. The second kappa shape index (κ2) is 10.8. The number of para-hydroxylation sites is 2. The molecule has 0 saturated carbocycles. The van der Waals surface area contributed by atoms with E-state index in [1.807, 2.05) is 73.8 Å². The number of carbonyl (C=O) groups excluding carboxylic acids is 1. The molecule has 5 rings (SSSR count). The Hall–Kier alpha value is -3.93. The number of H-pyrrole nitrogens is 1. The predicted octanol–water partition coefficient (Wildman–Crippen LogP) is 5.52. The quantitative estimate of drug-likeness (QED) is 0.141. The van der Waals surface area contributed by atoms with E-state index in [2.05, 4.69) is 39.3 Å². The van der Waals surface area contributed by atoms with E-state index >= 15 is 0 Å². The minimum atomic E-state index is -0.533. The summed E-state index contributed by atoms with van der Waals surface area (Å²) in [4.78, 5) is 15.9. The van der Waals surface area contributed by atoms with E-state index in [1.54, 1.807) is 6.08 Å². The molecule has 182 valence electrons. The summed E-state index contributed by atoms with van der Waals surface area (Å²) >= 11 is 0. The van der Waals surface area contributed by atoms with Crippen LogP contribution in [0.15, 0.2) is 91.3 Å². The molecule has 0 radical (unpaired) electrons. The smallest absolute Gasteiger partial charge is 0.185 e. The second-order valence-corrected chi connectivity index (χ2v) is 9.29. The van der Waals surface area contributed by atoms with Crippen molar-refractivity contribution >= 4 is 33.7 Å². The first-order valence-electron chi connectivity index (χ1n) is 12.4. The Kier molecular flexibility index (Phi) is 7.12. The standard InChI is InChI=1S/C31H31N3O2/c1-22-10-12-23(13-11-22)31(36)15-14-25-20-34(30-9-5-3-7-28(25)30)21-26(35)19-32-17-16-24-18-33-29-8-4-2-6-27(24)29/h2-15,18,20,26,32-33,35H,16-17,19,21H2,1H3. The number of carbonyl (C=O) groups is 1. The number of aromatic amines is 1. The van der Waals surface area contributed by atoms with Crippen molar-refractivity contribution in [2.75, 3.05) is 13.1 Å². The topological polar surface area (TPSA) is 70.1 Å². The van der Waals surface area contributed by atoms with Crippen LogP contribution in [-0.4, -0.2) is 39.6 Å². The number of allylic oxidation sites excluding steroid dienone is 1. The van der Waals surface area contributed by atoms with Crippen LogP contribution in [0.1, 0.15) is 27.0 Å². The number of benzene rings is 3. The summed E-state index contributed by atoms with van der Waals surface area (Å²) in [6.45, 7) is 3.78. The van der Waals surface area contributed by atoms with Crippen LogP contribution in [0.4, 0.5) is 0 Å². The third-order valence-corrected chi connectivity index (χ3v) is 6.60. The fraction of sp³-hybridized carbons (Fsp3) is 0.194. The number of fused-ring (bicyclic) bond motifs is 2. The van der Waals surface area contributed by atoms with Crippen molar-refractivity contribution in [2.45, 2.75) is 26.0 Å². The molecule has 2 aromatic heterocycles. The van der Waals surface area contributed by atoms with Gasteiger partial charge in [-0.25, -0.2) is 0 Å². The molecule has 2 heterocycles. The van der Waals surface area contributed by atoms with Gasteiger partial charge in [0.15, 0.2) is 5.78 Å². The number of rotatable bonds is 10. The van der Waals surface area contributed by atoms with Gasteiger partial charge in [-0.3, -0.25) is 4.79 Å². The first-order valence-corrected chi connectivity index (χ1v) is 12.4. The molecule has 0 spiro atoms. The van der Waals surface area contributed by atoms with Crippen LogP contribution in [-0.2, 0) is 13.0 Å². The Morgan fingerprint density at radius 2 is 1.78 bits per heavy atom. The molecule has 0 saturated heterocycles. The molecule has 3 aromatic carbocycles. The van der Waals surface area contributed by atoms with Crippen LogP contribution in [0.5, 0.6) is 0 Å². The van der Waals surface area contributed by atoms with E-state index in [0.717, 1.165) is 40.5 Å². The molecule has 36 heavy (non-hydrogen) atoms. The van der Waals surface area contributed by atoms with Gasteiger partial charge in [-0.2, -0.15) is 0 Å². The maximum Gasteiger partial charge on any atom is 0.185 e. The molecular formula is C31H31N3O2. The average Bonchev–Trinajstić information content (AvgIpc) is 3.47. The van der Waals surface area contributed by atoms with Crippen molar-refractivity contribution in [2.24, 2.45) is 0 Å². The van der Waals surface area contributed by atoms with Crippen LogP contribution in [0.2, 0.25) is 0 Å². The summed E-state index contributed by atoms with van der Waals surface area (Å²) in [5, 5.41) is 16.4. The third kappa shape index (κ3) is 5.33. The highest BCUT2D eigenvalue weighted by Gasteiger charge is 2.11. The summed E-state index contributed by atoms with van der Waals surface area (Å²) < 4.78 is 2.07. The minimum Gasteiger partial charge on any atom is -0.390 e. The number of hydrogen-bond acceptors (Lipinski definition) is 3. The largest absolute Gasteiger partial charge is 0.390 e. The monoisotopic (exact) mass is 477 g/mol. The lowest BCUT2D eigenvalue weighted by molar-refractivity contribution is 0.104. The maximum atomic E-state index is 12.6. The van der Waals surface area contributed by atoms with Crippen LogP contribution >= 0.6 is 0 Å². The highest BCUT2D eigenvalue weighted by molar-refractivity contribution is 6.07. The third-order valence-electron chi connectivity index (χ3n) is 6.60. The summed E-state index contributed by atoms with van der Waals surface area (Å²) in [7, 11) is 0. The molecule has 5 heteroatoms. The number of nitrogens with one attached hydrogen (secondary N) is 2. The number of aryl methyl sites for hydroxylation is 1. The Morgan fingerprint density at radius 1 is 1.03 bits per heavy atom. The van der Waals surface area contributed by atoms with Crippen LogP contribution in [0.3, 0.4) is 0 Å². The van der Waals surface area contributed by atoms with Gasteiger partial charge in [-0.05, 0) is 49.7 Å². The lowest BCUT2D eigenvalue weighted by Crippen LogP contribution is -2.31. The molecule has 0 fully saturated rings. The second-order valence-electron chi connectivity index (χ2n) is 9.29. The zero-order valence-electron chi connectivity index (χ0n) is 20.4. The van der Waals surface area contributed by atoms with Crippen molar-refractivity contribution in [3.05, 3.63) is 114 Å². The highest BCUT2D eigenvalue weighted by atomic mass is 16.3. The van der Waals surface area contributed by atoms with Gasteiger partial charge in [0.2, 0.25) is 0 Å². The molecule has 0 bridgehead atoms. The molecule has 0 aliphatic rings. The molecule has 0 aliphatic heterocycles. The number of nitrogens with zero attached hydrogens (tertiary/aromatic N) is 1. The summed E-state index contributed by atoms with van der Waals surface area (Å²) in [6.07, 6.45) is 7.93. The van der Waals surface area contributed by atoms with Gasteiger partial charge >= 0.3 is 0 Å². The lowest BCUT2D eigenvalue weighted by Gasteiger charge is -2.13. The zero-order chi connectivity index (χ0) is 24.9. The molecule has 5 nitrogen and oxygen atoms in total. The normalized spacial score (nSPS) is 12.6. The SMILES string of the molecule is Cc1ccc(C(=O)C=Cc2cn(CC(O)CNCCc3c[nH]c4ccccc34)c3ccccc23)cc1. The van der Waals surface area contributed by atoms with Gasteiger partial charge in [0.1, 0.15) is 0 Å². The van der Waals surface area contributed by atoms with Gasteiger partial charge < -0.3 is 20.0 Å². The van der Waals surface area contributed by atoms with Crippen LogP contribution in [0, 0.1) is 6.92 Å². The average molecular weight is 478 g/mol. The number of aliphatic hydroxyl groups excluding tert-OH is 1. The van der Waals surface area contributed by atoms with Crippen molar-refractivity contribution in [1.29, 1.82) is 0 Å². The van der Waals surface area contributed by atoms with Crippen LogP contribution < -0.4 is 5.32 Å². The summed E-state index contributed by atoms with van der Waals surface area (Å²) in [5.74, 6) is -0.0220. The highest BCUT2D eigenvalue weighted by Crippen LogP contribution is 2.23. The Bertz CT molecular complexity index is 1510. The first kappa shape index (κ1) is 23.8. The zero-order valence-corrected chi connectivity index (χ0v) is 20.4. The molecule has 5 aromatic rings. The Labute approximate surface area is 211 Å². The van der Waals surface area contributed by atoms with Gasteiger partial charge in [-0.1, -0.05) is 66.2 Å². The number of aromatic nitrogens is 2. The van der Waals surface area contributed by atoms with E-state index in [0.29, 0.717) is 18.7 Å². The molecule has 0 aliphatic carbocycles. The molecule has 0 amide bonds. The van der Waals surface area contributed by atoms with Crippen molar-refractivity contribution in [3.8, 4) is 0 Å². The number of ketones is 1. The number of aliphatic hydroxyl groups is 1. The molecular weight excluding hydrogens is 446 g/mol. The van der Waals surface area contributed by atoms with Gasteiger partial charge in [-0.15, -0.1) is 0 Å². The molecule has 1 unspecified atom stereocenters. The van der Waals surface area contributed by atoms with Gasteiger partial charge in [0.05, 0.1) is 6.10 Å². The molecule has 1 atom stereocenters. The van der Waals surface area contributed by atoms with E-state index in [-0.39, 0.29) is 5.78 Å². The van der Waals surface area contributed by atoms with Crippen molar-refractivity contribution < 1.29 is 9.90 Å². The Morgan fingerprint density at radius 3 is 2.61 bits per heavy atom. The summed E-state index contributed by atoms with van der Waals surface area (Å²) in [5.41, 5.74) is 6.24. The van der Waals surface area contributed by atoms with Crippen molar-refractivity contribution in [1.82, 2.24) is 14.9 Å². The van der Waals surface area contributed by atoms with E-state index < -0.39 is 6.10 Å². The fourth-order valence-corrected chi connectivity index (χ4v) is 4.66. The van der Waals surface area contributed by atoms with E-state index in [4.69, 9.17) is 0 Å². The van der Waals surface area contributed by atoms with Gasteiger partial charge in [0, 0.05) is 58.4 Å². The van der Waals surface area contributed by atoms with Crippen molar-refractivity contribution in [3.63, 3.8) is 0 Å². The predicted molar refractivity (Wildman–Crippen MR) is 147 cm³/mol. The molecule has 3 N–H and O–H groups in total. The van der Waals surface area contributed by atoms with E-state index in [9.17, 15) is 9.90 Å². The maximum absolute atomic E-state index is 12.6. The lowest BCUT2D eigenvalue weighted by atomic mass is 10.1. The number of hydrogen-bond donors (Lipinski definition) is 3. The van der Waals surface area contributed by atoms with Gasteiger partial charge in [0.25, 0.3) is 0 Å².